The van der Waals surface area contributed by atoms with E-state index in [1.165, 1.54) is 4.88 Å². The molecule has 0 amide bonds. The molecule has 0 aliphatic carbocycles. The zero-order valence-corrected chi connectivity index (χ0v) is 11.9. The fraction of sp³-hybridized carbons (Fsp3) is 0.714. The molecule has 0 saturated carbocycles. The standard InChI is InChI=1S/C14H23NO2S/c1-12(9-15-10-14-3-2-8-18-14)17-11-13-4-6-16-7-5-13/h2-3,8,12-13,15H,4-7,9-11H2,1H3. The molecule has 1 aromatic rings. The van der Waals surface area contributed by atoms with Gasteiger partial charge in [0.25, 0.3) is 0 Å². The Labute approximate surface area is 113 Å². The number of hydrogen-bond donors (Lipinski definition) is 1. The third-order valence-electron chi connectivity index (χ3n) is 3.27. The molecule has 0 aromatic carbocycles. The Hall–Kier alpha value is -0.420. The van der Waals surface area contributed by atoms with Crippen LogP contribution in [0.2, 0.25) is 0 Å². The second-order valence-electron chi connectivity index (χ2n) is 4.91. The predicted molar refractivity (Wildman–Crippen MR) is 75.0 cm³/mol. The summed E-state index contributed by atoms with van der Waals surface area (Å²) in [6.45, 7) is 6.69. The second-order valence-corrected chi connectivity index (χ2v) is 5.94. The minimum atomic E-state index is 0.285. The highest BCUT2D eigenvalue weighted by Crippen LogP contribution is 2.15. The van der Waals surface area contributed by atoms with Crippen LogP contribution in [0.25, 0.3) is 0 Å². The molecule has 1 unspecified atom stereocenters. The van der Waals surface area contributed by atoms with E-state index in [2.05, 4.69) is 29.8 Å². The highest BCUT2D eigenvalue weighted by Gasteiger charge is 2.15. The van der Waals surface area contributed by atoms with Crippen LogP contribution in [0.15, 0.2) is 17.5 Å². The molecular weight excluding hydrogens is 246 g/mol. The van der Waals surface area contributed by atoms with E-state index in [1.807, 2.05) is 0 Å². The normalized spacial score (nSPS) is 18.9. The number of ether oxygens (including phenoxy) is 2. The first-order valence-electron chi connectivity index (χ1n) is 6.77. The summed E-state index contributed by atoms with van der Waals surface area (Å²) < 4.78 is 11.2. The van der Waals surface area contributed by atoms with Gasteiger partial charge in [-0.15, -0.1) is 11.3 Å². The topological polar surface area (TPSA) is 30.5 Å². The lowest BCUT2D eigenvalue weighted by atomic mass is 10.0. The Kier molecular flexibility index (Phi) is 6.14. The van der Waals surface area contributed by atoms with Gasteiger partial charge in [0, 0.05) is 37.8 Å². The molecular formula is C14H23NO2S. The highest BCUT2D eigenvalue weighted by molar-refractivity contribution is 7.09. The lowest BCUT2D eigenvalue weighted by Gasteiger charge is -2.23. The van der Waals surface area contributed by atoms with E-state index < -0.39 is 0 Å². The van der Waals surface area contributed by atoms with Crippen LogP contribution >= 0.6 is 11.3 Å². The first-order chi connectivity index (χ1) is 8.84. The first-order valence-corrected chi connectivity index (χ1v) is 7.65. The molecule has 0 bridgehead atoms. The average Bonchev–Trinajstić information content (AvgIpc) is 2.91. The molecule has 2 rings (SSSR count). The molecule has 2 heterocycles. The minimum absolute atomic E-state index is 0.285. The van der Waals surface area contributed by atoms with Crippen LogP contribution in [0.5, 0.6) is 0 Å². The lowest BCUT2D eigenvalue weighted by molar-refractivity contribution is -0.00438. The molecule has 1 aliphatic rings. The van der Waals surface area contributed by atoms with Gasteiger partial charge in [-0.25, -0.2) is 0 Å². The highest BCUT2D eigenvalue weighted by atomic mass is 32.1. The molecule has 1 aliphatic heterocycles. The first kappa shape index (κ1) is 14.0. The van der Waals surface area contributed by atoms with Gasteiger partial charge in [0.2, 0.25) is 0 Å². The van der Waals surface area contributed by atoms with Crippen LogP contribution in [0, 0.1) is 5.92 Å². The van der Waals surface area contributed by atoms with Crippen molar-refractivity contribution >= 4 is 11.3 Å². The van der Waals surface area contributed by atoms with Gasteiger partial charge in [-0.1, -0.05) is 6.07 Å². The average molecular weight is 269 g/mol. The predicted octanol–water partition coefficient (Wildman–Crippen LogP) is 2.67. The molecule has 102 valence electrons. The third-order valence-corrected chi connectivity index (χ3v) is 4.14. The van der Waals surface area contributed by atoms with Gasteiger partial charge >= 0.3 is 0 Å². The Morgan fingerprint density at radius 1 is 1.50 bits per heavy atom. The summed E-state index contributed by atoms with van der Waals surface area (Å²) in [5, 5.41) is 5.55. The van der Waals surface area contributed by atoms with E-state index in [0.717, 1.165) is 45.8 Å². The molecule has 0 radical (unpaired) electrons. The van der Waals surface area contributed by atoms with Gasteiger partial charge in [-0.05, 0) is 37.1 Å². The summed E-state index contributed by atoms with van der Waals surface area (Å²) in [5.41, 5.74) is 0. The zero-order chi connectivity index (χ0) is 12.6. The van der Waals surface area contributed by atoms with Crippen molar-refractivity contribution in [2.75, 3.05) is 26.4 Å². The molecule has 1 aromatic heterocycles. The van der Waals surface area contributed by atoms with E-state index in [-0.39, 0.29) is 6.10 Å². The van der Waals surface area contributed by atoms with E-state index in [0.29, 0.717) is 5.92 Å². The van der Waals surface area contributed by atoms with Gasteiger partial charge in [0.15, 0.2) is 0 Å². The maximum atomic E-state index is 5.89. The van der Waals surface area contributed by atoms with Crippen molar-refractivity contribution in [1.29, 1.82) is 0 Å². The summed E-state index contributed by atoms with van der Waals surface area (Å²) in [5.74, 6) is 0.693. The smallest absolute Gasteiger partial charge is 0.0671 e. The SMILES string of the molecule is CC(CNCc1cccs1)OCC1CCOCC1. The van der Waals surface area contributed by atoms with Crippen molar-refractivity contribution in [3.05, 3.63) is 22.4 Å². The summed E-state index contributed by atoms with van der Waals surface area (Å²) >= 11 is 1.79. The number of thiophene rings is 1. The molecule has 1 fully saturated rings. The van der Waals surface area contributed by atoms with Gasteiger partial charge in [-0.2, -0.15) is 0 Å². The van der Waals surface area contributed by atoms with Crippen LogP contribution in [0.4, 0.5) is 0 Å². The minimum Gasteiger partial charge on any atom is -0.381 e. The Morgan fingerprint density at radius 3 is 3.06 bits per heavy atom. The van der Waals surface area contributed by atoms with Crippen molar-refractivity contribution < 1.29 is 9.47 Å². The quantitative estimate of drug-likeness (QED) is 0.825. The Morgan fingerprint density at radius 2 is 2.33 bits per heavy atom. The fourth-order valence-electron chi connectivity index (χ4n) is 2.08. The molecule has 1 atom stereocenters. The molecule has 18 heavy (non-hydrogen) atoms. The van der Waals surface area contributed by atoms with E-state index in [1.54, 1.807) is 11.3 Å². The van der Waals surface area contributed by atoms with Crippen molar-refractivity contribution in [3.8, 4) is 0 Å². The van der Waals surface area contributed by atoms with E-state index >= 15 is 0 Å². The molecule has 4 heteroatoms. The van der Waals surface area contributed by atoms with Crippen molar-refractivity contribution in [2.24, 2.45) is 5.92 Å². The number of nitrogens with one attached hydrogen (secondary N) is 1. The molecule has 1 N–H and O–H groups in total. The zero-order valence-electron chi connectivity index (χ0n) is 11.1. The van der Waals surface area contributed by atoms with Crippen molar-refractivity contribution in [2.45, 2.75) is 32.4 Å². The summed E-state index contributed by atoms with van der Waals surface area (Å²) in [6.07, 6.45) is 2.58. The maximum Gasteiger partial charge on any atom is 0.0671 e. The van der Waals surface area contributed by atoms with Crippen LogP contribution in [-0.2, 0) is 16.0 Å². The maximum absolute atomic E-state index is 5.89. The lowest BCUT2D eigenvalue weighted by Crippen LogP contribution is -2.29. The summed E-state index contributed by atoms with van der Waals surface area (Å²) in [6, 6.07) is 4.25. The Balaban J connectivity index is 1.53. The van der Waals surface area contributed by atoms with Crippen LogP contribution < -0.4 is 5.32 Å². The van der Waals surface area contributed by atoms with Crippen LogP contribution in [0.1, 0.15) is 24.6 Å². The molecule has 1 saturated heterocycles. The van der Waals surface area contributed by atoms with Gasteiger partial charge in [-0.3, -0.25) is 0 Å². The second kappa shape index (κ2) is 7.89. The van der Waals surface area contributed by atoms with Crippen LogP contribution in [-0.4, -0.2) is 32.5 Å². The largest absolute Gasteiger partial charge is 0.381 e. The monoisotopic (exact) mass is 269 g/mol. The van der Waals surface area contributed by atoms with Crippen molar-refractivity contribution in [1.82, 2.24) is 5.32 Å². The number of hydrogen-bond acceptors (Lipinski definition) is 4. The molecule has 3 nitrogen and oxygen atoms in total. The molecule has 0 spiro atoms. The van der Waals surface area contributed by atoms with Crippen molar-refractivity contribution in [3.63, 3.8) is 0 Å². The van der Waals surface area contributed by atoms with E-state index in [9.17, 15) is 0 Å². The third kappa shape index (κ3) is 5.06. The van der Waals surface area contributed by atoms with Gasteiger partial charge < -0.3 is 14.8 Å². The Bertz CT molecular complexity index is 310. The summed E-state index contributed by atoms with van der Waals surface area (Å²) in [4.78, 5) is 1.38. The fourth-order valence-corrected chi connectivity index (χ4v) is 2.76. The van der Waals surface area contributed by atoms with Gasteiger partial charge in [0.1, 0.15) is 0 Å². The summed E-state index contributed by atoms with van der Waals surface area (Å²) in [7, 11) is 0. The number of rotatable bonds is 7. The van der Waals surface area contributed by atoms with E-state index in [4.69, 9.17) is 9.47 Å². The van der Waals surface area contributed by atoms with Crippen LogP contribution in [0.3, 0.4) is 0 Å². The van der Waals surface area contributed by atoms with Gasteiger partial charge in [0.05, 0.1) is 6.10 Å².